The van der Waals surface area contributed by atoms with Gasteiger partial charge in [0.05, 0.1) is 0 Å². The molecule has 8 nitrogen and oxygen atoms in total. The van der Waals surface area contributed by atoms with Crippen molar-refractivity contribution in [2.45, 2.75) is 25.9 Å². The van der Waals surface area contributed by atoms with Crippen LogP contribution in [0.2, 0.25) is 0 Å². The van der Waals surface area contributed by atoms with Gasteiger partial charge in [-0.1, -0.05) is 22.9 Å². The van der Waals surface area contributed by atoms with Gasteiger partial charge >= 0.3 is 0 Å². The standard InChI is InChI=1S/C18H19N5O3/c1-12-2-4-14(5-3-12)25-11-16-20-17(22-26-16)13-7-9-23(10-13)18(24)15-6-8-19-21-15/h2-6,8,13H,7,9-11H2,1H3,(H,19,21). The largest absolute Gasteiger partial charge is 0.484 e. The predicted molar refractivity (Wildman–Crippen MR) is 91.7 cm³/mol. The quantitative estimate of drug-likeness (QED) is 0.756. The van der Waals surface area contributed by atoms with Crippen molar-refractivity contribution in [3.8, 4) is 5.75 Å². The van der Waals surface area contributed by atoms with Crippen LogP contribution >= 0.6 is 0 Å². The molecule has 0 spiro atoms. The smallest absolute Gasteiger partial charge is 0.271 e. The van der Waals surface area contributed by atoms with Crippen molar-refractivity contribution in [3.05, 3.63) is 59.5 Å². The maximum Gasteiger partial charge on any atom is 0.271 e. The molecule has 8 heteroatoms. The second kappa shape index (κ2) is 6.99. The molecule has 3 heterocycles. The number of aromatic nitrogens is 4. The third-order valence-electron chi connectivity index (χ3n) is 4.44. The summed E-state index contributed by atoms with van der Waals surface area (Å²) in [6.45, 7) is 3.47. The number of rotatable bonds is 5. The second-order valence-corrected chi connectivity index (χ2v) is 6.36. The van der Waals surface area contributed by atoms with E-state index in [9.17, 15) is 4.79 Å². The van der Waals surface area contributed by atoms with Gasteiger partial charge in [0.25, 0.3) is 11.8 Å². The van der Waals surface area contributed by atoms with Gasteiger partial charge in [0, 0.05) is 25.2 Å². The minimum absolute atomic E-state index is 0.0589. The van der Waals surface area contributed by atoms with Crippen LogP contribution < -0.4 is 4.74 Å². The zero-order valence-corrected chi connectivity index (χ0v) is 14.4. The summed E-state index contributed by atoms with van der Waals surface area (Å²) < 4.78 is 10.9. The Morgan fingerprint density at radius 2 is 2.19 bits per heavy atom. The van der Waals surface area contributed by atoms with Crippen LogP contribution in [0.3, 0.4) is 0 Å². The van der Waals surface area contributed by atoms with Crippen molar-refractivity contribution in [1.82, 2.24) is 25.2 Å². The first-order chi connectivity index (χ1) is 12.7. The number of carbonyl (C=O) groups excluding carboxylic acids is 1. The van der Waals surface area contributed by atoms with Crippen LogP contribution in [0.1, 0.15) is 40.1 Å². The lowest BCUT2D eigenvalue weighted by Gasteiger charge is -2.14. The third-order valence-corrected chi connectivity index (χ3v) is 4.44. The Kier molecular flexibility index (Phi) is 4.39. The van der Waals surface area contributed by atoms with Crippen LogP contribution in [0.25, 0.3) is 0 Å². The van der Waals surface area contributed by atoms with Gasteiger partial charge in [-0.15, -0.1) is 0 Å². The normalized spacial score (nSPS) is 16.8. The second-order valence-electron chi connectivity index (χ2n) is 6.36. The fourth-order valence-corrected chi connectivity index (χ4v) is 2.97. The van der Waals surface area contributed by atoms with E-state index in [0.717, 1.165) is 12.2 Å². The molecule has 1 amide bonds. The molecule has 26 heavy (non-hydrogen) atoms. The molecule has 4 rings (SSSR count). The van der Waals surface area contributed by atoms with Gasteiger partial charge in [0.15, 0.2) is 12.4 Å². The van der Waals surface area contributed by atoms with E-state index in [0.29, 0.717) is 30.5 Å². The monoisotopic (exact) mass is 353 g/mol. The van der Waals surface area contributed by atoms with Gasteiger partial charge in [-0.3, -0.25) is 9.89 Å². The first-order valence-electron chi connectivity index (χ1n) is 8.49. The van der Waals surface area contributed by atoms with E-state index >= 15 is 0 Å². The van der Waals surface area contributed by atoms with Crippen molar-refractivity contribution in [2.75, 3.05) is 13.1 Å². The number of nitrogens with zero attached hydrogens (tertiary/aromatic N) is 4. The molecule has 1 atom stereocenters. The summed E-state index contributed by atoms with van der Waals surface area (Å²) in [6, 6.07) is 9.45. The topological polar surface area (TPSA) is 97.1 Å². The van der Waals surface area contributed by atoms with Crippen molar-refractivity contribution >= 4 is 5.91 Å². The highest BCUT2D eigenvalue weighted by Crippen LogP contribution is 2.26. The highest BCUT2D eigenvalue weighted by atomic mass is 16.5. The first kappa shape index (κ1) is 16.3. The number of aryl methyl sites for hydroxylation is 1. The third kappa shape index (κ3) is 3.44. The highest BCUT2D eigenvalue weighted by molar-refractivity contribution is 5.92. The predicted octanol–water partition coefficient (Wildman–Crippen LogP) is 2.31. The fraction of sp³-hybridized carbons (Fsp3) is 0.333. The van der Waals surface area contributed by atoms with Crippen LogP contribution in [0.5, 0.6) is 5.75 Å². The number of ether oxygens (including phenoxy) is 1. The molecular weight excluding hydrogens is 334 g/mol. The average molecular weight is 353 g/mol. The van der Waals surface area contributed by atoms with E-state index < -0.39 is 0 Å². The number of hydrogen-bond acceptors (Lipinski definition) is 6. The lowest BCUT2D eigenvalue weighted by molar-refractivity contribution is 0.0784. The molecule has 1 saturated heterocycles. The van der Waals surface area contributed by atoms with E-state index in [1.54, 1.807) is 17.2 Å². The maximum atomic E-state index is 12.3. The lowest BCUT2D eigenvalue weighted by Crippen LogP contribution is -2.28. The fourth-order valence-electron chi connectivity index (χ4n) is 2.97. The molecule has 1 aliphatic heterocycles. The summed E-state index contributed by atoms with van der Waals surface area (Å²) in [5, 5.41) is 10.6. The minimum Gasteiger partial charge on any atom is -0.484 e. The Bertz CT molecular complexity index is 873. The zero-order valence-electron chi connectivity index (χ0n) is 14.4. The Hall–Kier alpha value is -3.16. The average Bonchev–Trinajstić information content (AvgIpc) is 3.41. The summed E-state index contributed by atoms with van der Waals surface area (Å²) in [5.41, 5.74) is 1.67. The number of likely N-dealkylation sites (tertiary alicyclic amines) is 1. The summed E-state index contributed by atoms with van der Waals surface area (Å²) in [6.07, 6.45) is 2.37. The van der Waals surface area contributed by atoms with Crippen LogP contribution in [-0.2, 0) is 6.61 Å². The molecule has 0 radical (unpaired) electrons. The number of benzene rings is 1. The Labute approximate surface area is 150 Å². The van der Waals surface area contributed by atoms with Crippen molar-refractivity contribution < 1.29 is 14.1 Å². The summed E-state index contributed by atoms with van der Waals surface area (Å²) in [5.74, 6) is 1.81. The van der Waals surface area contributed by atoms with E-state index in [-0.39, 0.29) is 18.4 Å². The molecule has 0 saturated carbocycles. The van der Waals surface area contributed by atoms with Gasteiger partial charge in [-0.05, 0) is 31.5 Å². The van der Waals surface area contributed by atoms with E-state index in [2.05, 4.69) is 20.3 Å². The summed E-state index contributed by atoms with van der Waals surface area (Å²) in [7, 11) is 0. The zero-order chi connectivity index (χ0) is 17.9. The van der Waals surface area contributed by atoms with Crippen molar-refractivity contribution in [2.24, 2.45) is 0 Å². The summed E-state index contributed by atoms with van der Waals surface area (Å²) >= 11 is 0. The minimum atomic E-state index is -0.0589. The number of nitrogens with one attached hydrogen (secondary N) is 1. The molecule has 3 aromatic rings. The highest BCUT2D eigenvalue weighted by Gasteiger charge is 2.31. The number of amides is 1. The van der Waals surface area contributed by atoms with E-state index in [1.807, 2.05) is 31.2 Å². The maximum absolute atomic E-state index is 12.3. The number of H-pyrrole nitrogens is 1. The first-order valence-corrected chi connectivity index (χ1v) is 8.49. The van der Waals surface area contributed by atoms with Crippen LogP contribution in [-0.4, -0.2) is 44.2 Å². The number of carbonyl (C=O) groups is 1. The molecule has 0 bridgehead atoms. The van der Waals surface area contributed by atoms with E-state index in [4.69, 9.17) is 9.26 Å². The molecule has 2 aromatic heterocycles. The Balaban J connectivity index is 1.34. The van der Waals surface area contributed by atoms with Gasteiger partial charge < -0.3 is 14.2 Å². The molecule has 1 aromatic carbocycles. The molecule has 1 N–H and O–H groups in total. The Morgan fingerprint density at radius 1 is 1.35 bits per heavy atom. The van der Waals surface area contributed by atoms with Crippen molar-refractivity contribution in [1.29, 1.82) is 0 Å². The van der Waals surface area contributed by atoms with Crippen LogP contribution in [0.4, 0.5) is 0 Å². The van der Waals surface area contributed by atoms with Gasteiger partial charge in [0.1, 0.15) is 11.4 Å². The SMILES string of the molecule is Cc1ccc(OCc2nc(C3CCN(C(=O)c4ccn[nH]4)C3)no2)cc1. The number of aromatic amines is 1. The van der Waals surface area contributed by atoms with Crippen LogP contribution in [0.15, 0.2) is 41.1 Å². The molecule has 134 valence electrons. The van der Waals surface area contributed by atoms with Gasteiger partial charge in [-0.2, -0.15) is 10.1 Å². The summed E-state index contributed by atoms with van der Waals surface area (Å²) in [4.78, 5) is 18.5. The van der Waals surface area contributed by atoms with E-state index in [1.165, 1.54) is 5.56 Å². The van der Waals surface area contributed by atoms with Gasteiger partial charge in [0.2, 0.25) is 0 Å². The lowest BCUT2D eigenvalue weighted by atomic mass is 10.1. The molecule has 1 unspecified atom stereocenters. The van der Waals surface area contributed by atoms with Crippen molar-refractivity contribution in [3.63, 3.8) is 0 Å². The molecule has 0 aliphatic carbocycles. The number of hydrogen-bond donors (Lipinski definition) is 1. The molecule has 1 aliphatic rings. The van der Waals surface area contributed by atoms with Gasteiger partial charge in [-0.25, -0.2) is 0 Å². The van der Waals surface area contributed by atoms with Crippen LogP contribution in [0, 0.1) is 6.92 Å². The molecule has 1 fully saturated rings. The molecular formula is C18H19N5O3. The Morgan fingerprint density at radius 3 is 2.96 bits per heavy atom.